The third kappa shape index (κ3) is 2.60. The molecule has 0 aliphatic carbocycles. The van der Waals surface area contributed by atoms with Crippen LogP contribution in [0.1, 0.15) is 52.5 Å². The number of carbonyl (C=O) groups excluding carboxylic acids is 1. The van der Waals surface area contributed by atoms with Gasteiger partial charge in [0.05, 0.1) is 0 Å². The Bertz CT molecular complexity index is 481. The molecule has 1 heterocycles. The van der Waals surface area contributed by atoms with Crippen LogP contribution < -0.4 is 4.90 Å². The summed E-state index contributed by atoms with van der Waals surface area (Å²) in [5.41, 5.74) is 2.49. The van der Waals surface area contributed by atoms with Crippen LogP contribution in [0.25, 0.3) is 0 Å². The molecule has 1 aromatic carbocycles. The number of ether oxygens (including phenoxy) is 1. The van der Waals surface area contributed by atoms with Gasteiger partial charge in [-0.1, -0.05) is 25.1 Å². The number of rotatable bonds is 2. The molecule has 0 spiro atoms. The van der Waals surface area contributed by atoms with Crippen molar-refractivity contribution < 1.29 is 9.53 Å². The highest BCUT2D eigenvalue weighted by Gasteiger charge is 2.39. The molecular formula is C16H23NO2. The van der Waals surface area contributed by atoms with Crippen molar-refractivity contribution in [3.05, 3.63) is 29.8 Å². The smallest absolute Gasteiger partial charge is 0.304 e. The molecule has 2 rings (SSSR count). The van der Waals surface area contributed by atoms with Gasteiger partial charge in [0.15, 0.2) is 6.23 Å². The lowest BCUT2D eigenvalue weighted by molar-refractivity contribution is -0.146. The van der Waals surface area contributed by atoms with Gasteiger partial charge in [0.25, 0.3) is 0 Å². The molecule has 0 saturated heterocycles. The molecule has 19 heavy (non-hydrogen) atoms. The van der Waals surface area contributed by atoms with Gasteiger partial charge in [0.2, 0.25) is 0 Å². The number of hydrogen-bond acceptors (Lipinski definition) is 3. The van der Waals surface area contributed by atoms with Crippen molar-refractivity contribution >= 4 is 11.7 Å². The lowest BCUT2D eigenvalue weighted by atomic mass is 9.80. The summed E-state index contributed by atoms with van der Waals surface area (Å²) >= 11 is 0. The number of carbonyl (C=O) groups is 1. The highest BCUT2D eigenvalue weighted by molar-refractivity contribution is 5.67. The Labute approximate surface area is 115 Å². The van der Waals surface area contributed by atoms with Gasteiger partial charge < -0.3 is 9.64 Å². The topological polar surface area (TPSA) is 29.5 Å². The molecule has 3 heteroatoms. The van der Waals surface area contributed by atoms with Gasteiger partial charge in [0.1, 0.15) is 0 Å². The van der Waals surface area contributed by atoms with Gasteiger partial charge in [-0.25, -0.2) is 0 Å². The number of hydrogen-bond donors (Lipinski definition) is 0. The highest BCUT2D eigenvalue weighted by atomic mass is 16.6. The van der Waals surface area contributed by atoms with E-state index in [0.717, 1.165) is 6.42 Å². The summed E-state index contributed by atoms with van der Waals surface area (Å²) in [5, 5.41) is 0. The van der Waals surface area contributed by atoms with Gasteiger partial charge in [-0.15, -0.1) is 0 Å². The number of fused-ring (bicyclic) bond motifs is 1. The Morgan fingerprint density at radius 3 is 2.68 bits per heavy atom. The van der Waals surface area contributed by atoms with Crippen LogP contribution in [-0.4, -0.2) is 17.7 Å². The second kappa shape index (κ2) is 4.87. The molecule has 0 fully saturated rings. The second-order valence-corrected chi connectivity index (χ2v) is 6.06. The molecule has 0 aromatic heterocycles. The van der Waals surface area contributed by atoms with Crippen LogP contribution in [0.15, 0.2) is 24.3 Å². The number of benzene rings is 1. The molecule has 0 N–H and O–H groups in total. The predicted octanol–water partition coefficient (Wildman–Crippen LogP) is 3.69. The van der Waals surface area contributed by atoms with Crippen LogP contribution >= 0.6 is 0 Å². The van der Waals surface area contributed by atoms with Crippen LogP contribution in [0.5, 0.6) is 0 Å². The largest absolute Gasteiger partial charge is 0.442 e. The van der Waals surface area contributed by atoms with E-state index in [0.29, 0.717) is 5.92 Å². The maximum absolute atomic E-state index is 11.2. The standard InChI is InChI=1S/C16H23NO2/c1-11-10-16(4,5)17(12(2)19-13(3)18)15-9-7-6-8-14(11)15/h6-9,11-12H,10H2,1-5H3. The van der Waals surface area contributed by atoms with Crippen LogP contribution in [-0.2, 0) is 9.53 Å². The normalized spacial score (nSPS) is 22.6. The zero-order valence-electron chi connectivity index (χ0n) is 12.4. The molecule has 3 nitrogen and oxygen atoms in total. The Morgan fingerprint density at radius 2 is 2.05 bits per heavy atom. The summed E-state index contributed by atoms with van der Waals surface area (Å²) in [5.74, 6) is 0.284. The molecule has 1 aliphatic heterocycles. The summed E-state index contributed by atoms with van der Waals surface area (Å²) in [6.07, 6.45) is 0.802. The number of para-hydroxylation sites is 1. The van der Waals surface area contributed by atoms with Crippen LogP contribution in [0.4, 0.5) is 5.69 Å². The summed E-state index contributed by atoms with van der Waals surface area (Å²) in [6.45, 7) is 10.1. The first-order valence-corrected chi connectivity index (χ1v) is 6.88. The molecule has 0 amide bonds. The average molecular weight is 261 g/mol. The van der Waals surface area contributed by atoms with E-state index in [9.17, 15) is 4.79 Å². The Kier molecular flexibility index (Phi) is 3.57. The summed E-state index contributed by atoms with van der Waals surface area (Å²) in [4.78, 5) is 13.5. The second-order valence-electron chi connectivity index (χ2n) is 6.06. The van der Waals surface area contributed by atoms with Gasteiger partial charge in [-0.05, 0) is 44.7 Å². The van der Waals surface area contributed by atoms with Crippen LogP contribution in [0.3, 0.4) is 0 Å². The van der Waals surface area contributed by atoms with Gasteiger partial charge in [-0.2, -0.15) is 0 Å². The van der Waals surface area contributed by atoms with Crippen LogP contribution in [0, 0.1) is 0 Å². The van der Waals surface area contributed by atoms with Gasteiger partial charge in [0, 0.05) is 18.2 Å². The van der Waals surface area contributed by atoms with Crippen molar-refractivity contribution in [3.63, 3.8) is 0 Å². The van der Waals surface area contributed by atoms with E-state index in [4.69, 9.17) is 4.74 Å². The predicted molar refractivity (Wildman–Crippen MR) is 77.3 cm³/mol. The minimum absolute atomic E-state index is 0.0252. The molecule has 1 aliphatic rings. The fourth-order valence-corrected chi connectivity index (χ4v) is 3.39. The molecule has 1 aromatic rings. The number of esters is 1. The van der Waals surface area contributed by atoms with Crippen molar-refractivity contribution in [2.45, 2.75) is 58.7 Å². The SMILES string of the molecule is CC(=O)OC(C)N1c2ccccc2C(C)CC1(C)C. The van der Waals surface area contributed by atoms with Crippen molar-refractivity contribution in [2.24, 2.45) is 0 Å². The minimum Gasteiger partial charge on any atom is -0.442 e. The highest BCUT2D eigenvalue weighted by Crippen LogP contribution is 2.44. The maximum Gasteiger partial charge on any atom is 0.304 e. The lowest BCUT2D eigenvalue weighted by Gasteiger charge is -2.49. The first-order chi connectivity index (χ1) is 8.83. The Hall–Kier alpha value is -1.51. The molecule has 2 atom stereocenters. The van der Waals surface area contributed by atoms with E-state index >= 15 is 0 Å². The fraction of sp³-hybridized carbons (Fsp3) is 0.562. The van der Waals surface area contributed by atoms with E-state index < -0.39 is 0 Å². The Balaban J connectivity index is 2.44. The fourth-order valence-electron chi connectivity index (χ4n) is 3.39. The maximum atomic E-state index is 11.2. The van der Waals surface area contributed by atoms with Gasteiger partial charge in [-0.3, -0.25) is 4.79 Å². The molecule has 2 unspecified atom stereocenters. The molecule has 0 bridgehead atoms. The first kappa shape index (κ1) is 13.9. The molecule has 0 saturated carbocycles. The van der Waals surface area contributed by atoms with E-state index in [1.807, 2.05) is 13.0 Å². The van der Waals surface area contributed by atoms with E-state index in [2.05, 4.69) is 43.9 Å². The third-order valence-corrected chi connectivity index (χ3v) is 3.89. The minimum atomic E-state index is -0.249. The summed E-state index contributed by atoms with van der Waals surface area (Å²) in [7, 11) is 0. The van der Waals surface area contributed by atoms with E-state index in [-0.39, 0.29) is 17.7 Å². The summed E-state index contributed by atoms with van der Waals surface area (Å²) < 4.78 is 5.40. The van der Waals surface area contributed by atoms with Crippen molar-refractivity contribution in [1.82, 2.24) is 0 Å². The van der Waals surface area contributed by atoms with Crippen molar-refractivity contribution in [2.75, 3.05) is 4.90 Å². The number of nitrogens with zero attached hydrogens (tertiary/aromatic N) is 1. The molecular weight excluding hydrogens is 238 g/mol. The summed E-state index contributed by atoms with van der Waals surface area (Å²) in [6, 6.07) is 8.40. The van der Waals surface area contributed by atoms with Gasteiger partial charge >= 0.3 is 5.97 Å². The third-order valence-electron chi connectivity index (χ3n) is 3.89. The molecule has 0 radical (unpaired) electrons. The zero-order chi connectivity index (χ0) is 14.2. The number of anilines is 1. The van der Waals surface area contributed by atoms with Crippen molar-refractivity contribution in [1.29, 1.82) is 0 Å². The Morgan fingerprint density at radius 1 is 1.42 bits per heavy atom. The average Bonchev–Trinajstić information content (AvgIpc) is 2.26. The monoisotopic (exact) mass is 261 g/mol. The molecule has 104 valence electrons. The quantitative estimate of drug-likeness (QED) is 0.760. The first-order valence-electron chi connectivity index (χ1n) is 6.88. The lowest BCUT2D eigenvalue weighted by Crippen LogP contribution is -2.53. The van der Waals surface area contributed by atoms with E-state index in [1.165, 1.54) is 18.2 Å². The van der Waals surface area contributed by atoms with Crippen LogP contribution in [0.2, 0.25) is 0 Å². The van der Waals surface area contributed by atoms with E-state index in [1.54, 1.807) is 0 Å². The van der Waals surface area contributed by atoms with Crippen molar-refractivity contribution in [3.8, 4) is 0 Å². The zero-order valence-corrected chi connectivity index (χ0v) is 12.4.